The molecule has 0 aliphatic rings. The van der Waals surface area contributed by atoms with Crippen molar-refractivity contribution in [3.8, 4) is 0 Å². The maximum absolute atomic E-state index is 11.6. The highest BCUT2D eigenvalue weighted by Gasteiger charge is 2.60. The molecular weight excluding hydrogens is 526 g/mol. The molecule has 8 heteroatoms. The third kappa shape index (κ3) is 4.82. The zero-order valence-electron chi connectivity index (χ0n) is 15.6. The number of H-pyrrole nitrogens is 1. The SMILES string of the molecule is CCCCC(Br)(Br)C(CC)(c1ccc(=O)[nH]n1)C(CC)C(Cl)(Cl)C(C)Cl. The van der Waals surface area contributed by atoms with Gasteiger partial charge in [0.25, 0.3) is 5.56 Å². The second-order valence-electron chi connectivity index (χ2n) is 6.69. The molecule has 0 aliphatic heterocycles. The fraction of sp³-hybridized carbons (Fsp3) is 0.778. The number of aromatic amines is 1. The van der Waals surface area contributed by atoms with E-state index in [-0.39, 0.29) is 11.5 Å². The molecule has 0 amide bonds. The van der Waals surface area contributed by atoms with Gasteiger partial charge >= 0.3 is 0 Å². The summed E-state index contributed by atoms with van der Waals surface area (Å²) in [6, 6.07) is 3.25. The number of rotatable bonds is 10. The molecule has 3 nitrogen and oxygen atoms in total. The molecule has 26 heavy (non-hydrogen) atoms. The van der Waals surface area contributed by atoms with Crippen LogP contribution in [-0.4, -0.2) is 23.1 Å². The third-order valence-corrected chi connectivity index (χ3v) is 9.15. The van der Waals surface area contributed by atoms with Gasteiger partial charge in [-0.15, -0.1) is 11.6 Å². The highest BCUT2D eigenvalue weighted by Crippen LogP contribution is 2.60. The molecule has 1 aromatic rings. The number of nitrogens with one attached hydrogen (secondary N) is 1. The molecule has 0 radical (unpaired) electrons. The molecule has 0 saturated heterocycles. The quantitative estimate of drug-likeness (QED) is 0.320. The van der Waals surface area contributed by atoms with Crippen molar-refractivity contribution in [3.05, 3.63) is 28.2 Å². The molecule has 1 aromatic heterocycles. The molecule has 0 aliphatic carbocycles. The third-order valence-electron chi connectivity index (χ3n) is 5.19. The van der Waals surface area contributed by atoms with Gasteiger partial charge in [0.05, 0.1) is 14.3 Å². The molecule has 0 bridgehead atoms. The molecule has 3 unspecified atom stereocenters. The van der Waals surface area contributed by atoms with Crippen molar-refractivity contribution in [2.75, 3.05) is 0 Å². The Balaban J connectivity index is 3.73. The summed E-state index contributed by atoms with van der Waals surface area (Å²) >= 11 is 27.9. The Morgan fingerprint density at radius 1 is 1.23 bits per heavy atom. The minimum atomic E-state index is -1.18. The Labute approximate surface area is 188 Å². The Bertz CT molecular complexity index is 617. The number of hydrogen-bond donors (Lipinski definition) is 1. The van der Waals surface area contributed by atoms with Gasteiger partial charge in [-0.25, -0.2) is 5.10 Å². The number of aromatic nitrogens is 2. The number of halogens is 5. The first-order valence-corrected chi connectivity index (χ1v) is 11.7. The number of alkyl halides is 5. The van der Waals surface area contributed by atoms with Gasteiger partial charge in [-0.2, -0.15) is 5.10 Å². The maximum Gasteiger partial charge on any atom is 0.264 e. The average molecular weight is 554 g/mol. The van der Waals surface area contributed by atoms with Crippen LogP contribution in [0, 0.1) is 5.92 Å². The van der Waals surface area contributed by atoms with Crippen LogP contribution in [0.5, 0.6) is 0 Å². The van der Waals surface area contributed by atoms with Crippen LogP contribution in [0.15, 0.2) is 16.9 Å². The van der Waals surface area contributed by atoms with Gasteiger partial charge in [-0.3, -0.25) is 4.79 Å². The summed E-state index contributed by atoms with van der Waals surface area (Å²) in [5, 5.41) is 6.47. The molecule has 150 valence electrons. The van der Waals surface area contributed by atoms with Crippen molar-refractivity contribution in [2.24, 2.45) is 5.92 Å². The number of unbranched alkanes of at least 4 members (excludes halogenated alkanes) is 1. The highest BCUT2D eigenvalue weighted by atomic mass is 79.9. The van der Waals surface area contributed by atoms with Crippen LogP contribution in [0.2, 0.25) is 0 Å². The van der Waals surface area contributed by atoms with E-state index >= 15 is 0 Å². The zero-order valence-corrected chi connectivity index (χ0v) is 21.0. The second kappa shape index (κ2) is 9.96. The Morgan fingerprint density at radius 2 is 1.85 bits per heavy atom. The van der Waals surface area contributed by atoms with Crippen LogP contribution in [-0.2, 0) is 5.41 Å². The fourth-order valence-electron chi connectivity index (χ4n) is 3.75. The molecule has 0 fully saturated rings. The standard InChI is InChI=1S/C18H27Br2Cl3N2O/c1-5-8-11-17(19,20)16(7-3,14-9-10-15(26)25-24-14)13(6-2)18(22,23)12(4)21/h9-10,12-13H,5-8,11H2,1-4H3,(H,25,26). The lowest BCUT2D eigenvalue weighted by atomic mass is 9.64. The monoisotopic (exact) mass is 550 g/mol. The van der Waals surface area contributed by atoms with Gasteiger partial charge in [-0.1, -0.05) is 88.7 Å². The minimum Gasteiger partial charge on any atom is -0.268 e. The van der Waals surface area contributed by atoms with E-state index in [4.69, 9.17) is 34.8 Å². The van der Waals surface area contributed by atoms with Crippen molar-refractivity contribution >= 4 is 66.7 Å². The smallest absolute Gasteiger partial charge is 0.264 e. The van der Waals surface area contributed by atoms with Gasteiger partial charge in [0.15, 0.2) is 0 Å². The Kier molecular flexibility index (Phi) is 9.48. The maximum atomic E-state index is 11.6. The largest absolute Gasteiger partial charge is 0.268 e. The van der Waals surface area contributed by atoms with Crippen LogP contribution < -0.4 is 5.56 Å². The average Bonchev–Trinajstić information content (AvgIpc) is 2.58. The summed E-state index contributed by atoms with van der Waals surface area (Å²) in [5.41, 5.74) is -0.101. The molecule has 0 spiro atoms. The highest BCUT2D eigenvalue weighted by molar-refractivity contribution is 9.25. The summed E-state index contributed by atoms with van der Waals surface area (Å²) in [5.74, 6) is -0.218. The van der Waals surface area contributed by atoms with E-state index in [1.165, 1.54) is 6.07 Å². The van der Waals surface area contributed by atoms with Gasteiger partial charge in [-0.05, 0) is 32.3 Å². The first-order valence-electron chi connectivity index (χ1n) is 8.97. The normalized spacial score (nSPS) is 17.6. The molecule has 0 aromatic carbocycles. The van der Waals surface area contributed by atoms with Crippen LogP contribution in [0.4, 0.5) is 0 Å². The van der Waals surface area contributed by atoms with Crippen LogP contribution in [0.3, 0.4) is 0 Å². The van der Waals surface area contributed by atoms with Gasteiger partial charge in [0, 0.05) is 17.4 Å². The van der Waals surface area contributed by atoms with Gasteiger partial charge < -0.3 is 0 Å². The van der Waals surface area contributed by atoms with Crippen LogP contribution in [0.25, 0.3) is 0 Å². The van der Waals surface area contributed by atoms with Gasteiger partial charge in [0.2, 0.25) is 0 Å². The van der Waals surface area contributed by atoms with E-state index < -0.39 is 18.4 Å². The summed E-state index contributed by atoms with van der Waals surface area (Å²) in [7, 11) is 0. The molecule has 1 N–H and O–H groups in total. The van der Waals surface area contributed by atoms with Crippen molar-refractivity contribution in [2.45, 2.75) is 78.2 Å². The summed E-state index contributed by atoms with van der Waals surface area (Å²) < 4.78 is -1.69. The minimum absolute atomic E-state index is 0.218. The molecule has 1 heterocycles. The summed E-state index contributed by atoms with van der Waals surface area (Å²) in [4.78, 5) is 11.6. The second-order valence-corrected chi connectivity index (χ2v) is 12.6. The summed E-state index contributed by atoms with van der Waals surface area (Å²) in [6.07, 6.45) is 4.30. The lowest BCUT2D eigenvalue weighted by Crippen LogP contribution is -2.56. The topological polar surface area (TPSA) is 45.8 Å². The van der Waals surface area contributed by atoms with Gasteiger partial charge in [0.1, 0.15) is 4.33 Å². The van der Waals surface area contributed by atoms with E-state index in [1.807, 2.05) is 0 Å². The molecule has 0 saturated carbocycles. The lowest BCUT2D eigenvalue weighted by molar-refractivity contribution is 0.193. The van der Waals surface area contributed by atoms with E-state index in [2.05, 4.69) is 62.8 Å². The predicted molar refractivity (Wildman–Crippen MR) is 120 cm³/mol. The number of hydrogen-bond acceptors (Lipinski definition) is 2. The molecule has 3 atom stereocenters. The van der Waals surface area contributed by atoms with E-state index in [9.17, 15) is 4.79 Å². The van der Waals surface area contributed by atoms with E-state index in [1.54, 1.807) is 13.0 Å². The first-order chi connectivity index (χ1) is 12.0. The van der Waals surface area contributed by atoms with Crippen molar-refractivity contribution in [3.63, 3.8) is 0 Å². The van der Waals surface area contributed by atoms with E-state index in [0.717, 1.165) is 25.0 Å². The van der Waals surface area contributed by atoms with E-state index in [0.29, 0.717) is 12.8 Å². The predicted octanol–water partition coefficient (Wildman–Crippen LogP) is 6.92. The van der Waals surface area contributed by atoms with Crippen molar-refractivity contribution in [1.82, 2.24) is 10.2 Å². The summed E-state index contributed by atoms with van der Waals surface area (Å²) in [6.45, 7) is 8.09. The first kappa shape index (κ1) is 24.7. The van der Waals surface area contributed by atoms with Crippen molar-refractivity contribution in [1.29, 1.82) is 0 Å². The molecular formula is C18H27Br2Cl3N2O. The van der Waals surface area contributed by atoms with Crippen LogP contribution in [0.1, 0.15) is 65.5 Å². The zero-order chi connectivity index (χ0) is 20.2. The lowest BCUT2D eigenvalue weighted by Gasteiger charge is -2.52. The number of nitrogens with zero attached hydrogens (tertiary/aromatic N) is 1. The molecule has 1 rings (SSSR count). The Morgan fingerprint density at radius 3 is 2.23 bits per heavy atom. The Hall–Kier alpha value is 0.710. The van der Waals surface area contributed by atoms with Crippen LogP contribution >= 0.6 is 66.7 Å². The fourth-order valence-corrected chi connectivity index (χ4v) is 6.66. The van der Waals surface area contributed by atoms with Crippen molar-refractivity contribution < 1.29 is 0 Å².